The van der Waals surface area contributed by atoms with Gasteiger partial charge in [-0.25, -0.2) is 14.0 Å². The molecule has 0 fully saturated rings. The second-order valence-corrected chi connectivity index (χ2v) is 12.9. The number of hydrogen-bond acceptors (Lipinski definition) is 7. The van der Waals surface area contributed by atoms with E-state index in [0.29, 0.717) is 16.9 Å². The number of amides is 4. The van der Waals surface area contributed by atoms with E-state index in [1.54, 1.807) is 91.1 Å². The van der Waals surface area contributed by atoms with Crippen LogP contribution in [0.15, 0.2) is 48.5 Å². The molecule has 44 heavy (non-hydrogen) atoms. The number of para-hydroxylation sites is 2. The van der Waals surface area contributed by atoms with Crippen molar-refractivity contribution >= 4 is 35.4 Å². The van der Waals surface area contributed by atoms with E-state index in [-0.39, 0.29) is 31.0 Å². The van der Waals surface area contributed by atoms with Gasteiger partial charge in [0.15, 0.2) is 0 Å². The normalized spacial score (nSPS) is 22.3. The van der Waals surface area contributed by atoms with E-state index >= 15 is 4.39 Å². The van der Waals surface area contributed by atoms with Gasteiger partial charge in [-0.05, 0) is 53.7 Å². The molecule has 0 radical (unpaired) electrons. The Labute approximate surface area is 257 Å². The van der Waals surface area contributed by atoms with Gasteiger partial charge in [0.05, 0.1) is 11.8 Å². The minimum atomic E-state index is -1.55. The van der Waals surface area contributed by atoms with Crippen molar-refractivity contribution < 1.29 is 37.8 Å². The first-order valence-corrected chi connectivity index (χ1v) is 14.6. The van der Waals surface area contributed by atoms with Crippen molar-refractivity contribution in [2.45, 2.75) is 89.9 Å². The lowest BCUT2D eigenvalue weighted by Crippen LogP contribution is -2.50. The lowest BCUT2D eigenvalue weighted by Gasteiger charge is -2.29. The minimum absolute atomic E-state index is 0.0361. The Kier molecular flexibility index (Phi) is 9.53. The second-order valence-electron chi connectivity index (χ2n) is 12.9. The van der Waals surface area contributed by atoms with Crippen LogP contribution in [0.3, 0.4) is 0 Å². The molecule has 0 aliphatic carbocycles. The van der Waals surface area contributed by atoms with E-state index < -0.39 is 53.7 Å². The number of ether oxygens (including phenoxy) is 3. The average molecular weight is 613 g/mol. The molecule has 2 N–H and O–H groups in total. The molecule has 0 spiro atoms. The van der Waals surface area contributed by atoms with Crippen LogP contribution in [0, 0.1) is 0 Å². The molecular weight excluding hydrogens is 571 g/mol. The number of nitrogens with zero attached hydrogens (tertiary/aromatic N) is 2. The van der Waals surface area contributed by atoms with Crippen LogP contribution >= 0.6 is 0 Å². The van der Waals surface area contributed by atoms with Crippen molar-refractivity contribution in [2.24, 2.45) is 0 Å². The van der Waals surface area contributed by atoms with Gasteiger partial charge in [-0.15, -0.1) is 0 Å². The highest BCUT2D eigenvalue weighted by Crippen LogP contribution is 2.38. The first-order valence-electron chi connectivity index (χ1n) is 14.6. The Hall–Kier alpha value is -4.19. The fourth-order valence-corrected chi connectivity index (χ4v) is 5.20. The molecule has 4 amide bonds. The highest BCUT2D eigenvalue weighted by Gasteiger charge is 2.39. The maximum atomic E-state index is 15.5. The molecular formula is C32H41FN4O7. The van der Waals surface area contributed by atoms with Gasteiger partial charge < -0.3 is 29.7 Å². The molecule has 4 rings (SSSR count). The topological polar surface area (TPSA) is 127 Å². The minimum Gasteiger partial charge on any atom is -0.444 e. The van der Waals surface area contributed by atoms with Crippen molar-refractivity contribution in [3.05, 3.63) is 59.7 Å². The fraction of sp³-hybridized carbons (Fsp3) is 0.500. The van der Waals surface area contributed by atoms with Gasteiger partial charge in [-0.1, -0.05) is 36.4 Å². The summed E-state index contributed by atoms with van der Waals surface area (Å²) in [5, 5.41) is 5.18. The van der Waals surface area contributed by atoms with Gasteiger partial charge in [0.1, 0.15) is 36.2 Å². The van der Waals surface area contributed by atoms with Gasteiger partial charge in [0.2, 0.25) is 5.91 Å². The van der Waals surface area contributed by atoms with Crippen LogP contribution in [-0.4, -0.2) is 61.1 Å². The molecule has 2 aromatic rings. The second kappa shape index (κ2) is 12.8. The summed E-state index contributed by atoms with van der Waals surface area (Å²) in [6.45, 7) is 9.90. The Morgan fingerprint density at radius 2 is 1.30 bits per heavy atom. The Balaban J connectivity index is 1.63. The molecule has 2 heterocycles. The zero-order valence-corrected chi connectivity index (χ0v) is 26.2. The average Bonchev–Trinajstić information content (AvgIpc) is 3.08. The first kappa shape index (κ1) is 32.7. The van der Waals surface area contributed by atoms with Crippen LogP contribution in [0.2, 0.25) is 0 Å². The van der Waals surface area contributed by atoms with E-state index in [1.807, 2.05) is 6.07 Å². The fourth-order valence-electron chi connectivity index (χ4n) is 5.20. The summed E-state index contributed by atoms with van der Waals surface area (Å²) >= 11 is 0. The quantitative estimate of drug-likeness (QED) is 0.469. The number of carbonyl (C=O) groups excluding carboxylic acids is 4. The number of benzene rings is 2. The number of rotatable bonds is 5. The van der Waals surface area contributed by atoms with Crippen molar-refractivity contribution in [1.29, 1.82) is 0 Å². The summed E-state index contributed by atoms with van der Waals surface area (Å²) in [5.41, 5.74) is 0.225. The third kappa shape index (κ3) is 7.85. The van der Waals surface area contributed by atoms with E-state index in [9.17, 15) is 19.2 Å². The number of carbonyl (C=O) groups is 4. The lowest BCUT2D eigenvalue weighted by molar-refractivity contribution is -0.123. The monoisotopic (exact) mass is 612 g/mol. The van der Waals surface area contributed by atoms with Crippen molar-refractivity contribution in [2.75, 3.05) is 23.6 Å². The molecule has 2 aliphatic heterocycles. The molecule has 0 saturated heterocycles. The number of halogens is 1. The van der Waals surface area contributed by atoms with Crippen molar-refractivity contribution in [3.63, 3.8) is 0 Å². The highest BCUT2D eigenvalue weighted by atomic mass is 19.1. The number of alkyl carbamates (subject to hydrolysis) is 2. The maximum absolute atomic E-state index is 15.5. The van der Waals surface area contributed by atoms with Crippen LogP contribution < -0.4 is 20.4 Å². The Morgan fingerprint density at radius 3 is 1.86 bits per heavy atom. The molecule has 4 atom stereocenters. The molecule has 11 nitrogen and oxygen atoms in total. The zero-order valence-electron chi connectivity index (χ0n) is 26.2. The largest absolute Gasteiger partial charge is 0.444 e. The summed E-state index contributed by atoms with van der Waals surface area (Å²) in [4.78, 5) is 55.3. The van der Waals surface area contributed by atoms with Gasteiger partial charge in [-0.2, -0.15) is 0 Å². The number of anilines is 2. The third-order valence-electron chi connectivity index (χ3n) is 7.08. The summed E-state index contributed by atoms with van der Waals surface area (Å²) < 4.78 is 32.6. The van der Waals surface area contributed by atoms with Gasteiger partial charge in [-0.3, -0.25) is 14.5 Å². The molecule has 2 aromatic carbocycles. The number of fused-ring (bicyclic) bond motifs is 2. The molecule has 0 bridgehead atoms. The molecule has 12 heteroatoms. The predicted molar refractivity (Wildman–Crippen MR) is 162 cm³/mol. The highest BCUT2D eigenvalue weighted by molar-refractivity contribution is 6.01. The van der Waals surface area contributed by atoms with E-state index in [4.69, 9.17) is 14.2 Å². The Morgan fingerprint density at radius 1 is 0.795 bits per heavy atom. The molecule has 0 saturated carbocycles. The standard InChI is InChI=1S/C32H41FN4O7/c1-31(2,3)43-29(40)34-22-16-21(33)19-12-8-11-15-25(19)37(28(22)39)18-42-26-17-23(35-30(41)44-32(4,5)6)27(38)36(7)24-14-10-9-13-20(24)26/h8-15,21-23,26H,16-18H2,1-7H3,(H,34,40)(H,35,41). The third-order valence-corrected chi connectivity index (χ3v) is 7.08. The van der Waals surface area contributed by atoms with Crippen LogP contribution in [0.25, 0.3) is 0 Å². The van der Waals surface area contributed by atoms with E-state index in [2.05, 4.69) is 10.6 Å². The van der Waals surface area contributed by atoms with Gasteiger partial charge in [0.25, 0.3) is 5.91 Å². The predicted octanol–water partition coefficient (Wildman–Crippen LogP) is 5.30. The van der Waals surface area contributed by atoms with Crippen LogP contribution in [0.4, 0.5) is 25.4 Å². The Bertz CT molecular complexity index is 1400. The summed E-state index contributed by atoms with van der Waals surface area (Å²) in [6, 6.07) is 11.5. The molecule has 2 aliphatic rings. The van der Waals surface area contributed by atoms with E-state index in [1.165, 1.54) is 9.80 Å². The van der Waals surface area contributed by atoms with Gasteiger partial charge in [0, 0.05) is 36.7 Å². The van der Waals surface area contributed by atoms with Crippen LogP contribution in [-0.2, 0) is 23.8 Å². The number of hydrogen-bond donors (Lipinski definition) is 2. The molecule has 238 valence electrons. The van der Waals surface area contributed by atoms with Crippen molar-refractivity contribution in [3.8, 4) is 0 Å². The number of likely N-dealkylation sites (N-methyl/N-ethyl adjacent to an activating group) is 1. The van der Waals surface area contributed by atoms with Crippen molar-refractivity contribution in [1.82, 2.24) is 10.6 Å². The smallest absolute Gasteiger partial charge is 0.408 e. The lowest BCUT2D eigenvalue weighted by atomic mass is 10.0. The SMILES string of the molecule is CN1C(=O)C(NC(=O)OC(C)(C)C)CC(OCN2C(=O)C(NC(=O)OC(C)(C)C)CC(F)c3ccccc32)c2ccccc21. The van der Waals surface area contributed by atoms with Gasteiger partial charge >= 0.3 is 12.2 Å². The first-order chi connectivity index (χ1) is 20.5. The van der Waals surface area contributed by atoms with E-state index in [0.717, 1.165) is 0 Å². The number of alkyl halides is 1. The number of nitrogens with one attached hydrogen (secondary N) is 2. The summed E-state index contributed by atoms with van der Waals surface area (Å²) in [5.74, 6) is -0.950. The zero-order chi connectivity index (χ0) is 32.4. The van der Waals surface area contributed by atoms with Crippen LogP contribution in [0.5, 0.6) is 0 Å². The summed E-state index contributed by atoms with van der Waals surface area (Å²) in [7, 11) is 1.61. The van der Waals surface area contributed by atoms with Crippen LogP contribution in [0.1, 0.15) is 77.8 Å². The molecule has 0 aromatic heterocycles. The molecule has 4 unspecified atom stereocenters. The maximum Gasteiger partial charge on any atom is 0.408 e. The summed E-state index contributed by atoms with van der Waals surface area (Å²) in [6.07, 6.45) is -4.16.